The molecule has 1 unspecified atom stereocenters. The number of piperazine rings is 1. The highest BCUT2D eigenvalue weighted by molar-refractivity contribution is 4.75. The van der Waals surface area contributed by atoms with Crippen LogP contribution >= 0.6 is 0 Å². The van der Waals surface area contributed by atoms with Crippen molar-refractivity contribution in [2.45, 2.75) is 19.9 Å². The van der Waals surface area contributed by atoms with E-state index in [0.717, 1.165) is 38.6 Å². The summed E-state index contributed by atoms with van der Waals surface area (Å²) < 4.78 is 0. The van der Waals surface area contributed by atoms with Crippen molar-refractivity contribution in [1.29, 1.82) is 0 Å². The lowest BCUT2D eigenvalue weighted by Gasteiger charge is -2.36. The Balaban J connectivity index is 2.18. The normalized spacial score (nSPS) is 22.2. The number of rotatable bonds is 5. The van der Waals surface area contributed by atoms with Crippen LogP contribution in [0.3, 0.4) is 0 Å². The fourth-order valence-corrected chi connectivity index (χ4v) is 2.06. The Hall–Kier alpha value is -0.160. The lowest BCUT2D eigenvalue weighted by atomic mass is 10.2. The average Bonchev–Trinajstić information content (AvgIpc) is 2.20. The number of aliphatic hydroxyl groups is 1. The van der Waals surface area contributed by atoms with E-state index in [1.807, 2.05) is 0 Å². The van der Waals surface area contributed by atoms with Crippen molar-refractivity contribution in [3.05, 3.63) is 0 Å². The van der Waals surface area contributed by atoms with Gasteiger partial charge in [-0.1, -0.05) is 13.8 Å². The number of aliphatic hydroxyl groups excluding tert-OH is 1. The molecule has 0 saturated carbocycles. The first-order valence-electron chi connectivity index (χ1n) is 5.93. The minimum Gasteiger partial charge on any atom is -0.395 e. The van der Waals surface area contributed by atoms with Crippen LogP contribution in [-0.4, -0.2) is 66.8 Å². The van der Waals surface area contributed by atoms with Gasteiger partial charge in [-0.3, -0.25) is 4.90 Å². The molecular formula is C11H25N3O. The SMILES string of the molecule is CC(C)CN1CCN(CC(N)CO)CC1. The molecule has 4 nitrogen and oxygen atoms in total. The molecule has 3 N–H and O–H groups in total. The summed E-state index contributed by atoms with van der Waals surface area (Å²) in [7, 11) is 0. The van der Waals surface area contributed by atoms with E-state index in [1.165, 1.54) is 6.54 Å². The van der Waals surface area contributed by atoms with Gasteiger partial charge in [-0.2, -0.15) is 0 Å². The largest absolute Gasteiger partial charge is 0.395 e. The van der Waals surface area contributed by atoms with Crippen molar-refractivity contribution in [1.82, 2.24) is 9.80 Å². The van der Waals surface area contributed by atoms with Gasteiger partial charge in [-0.15, -0.1) is 0 Å². The van der Waals surface area contributed by atoms with Gasteiger partial charge in [0.1, 0.15) is 0 Å². The van der Waals surface area contributed by atoms with Gasteiger partial charge in [0.25, 0.3) is 0 Å². The van der Waals surface area contributed by atoms with Crippen LogP contribution in [0.15, 0.2) is 0 Å². The van der Waals surface area contributed by atoms with Gasteiger partial charge in [0.15, 0.2) is 0 Å². The molecule has 15 heavy (non-hydrogen) atoms. The summed E-state index contributed by atoms with van der Waals surface area (Å²) in [6, 6.07) is -0.0818. The molecule has 0 aromatic carbocycles. The van der Waals surface area contributed by atoms with Gasteiger partial charge >= 0.3 is 0 Å². The zero-order valence-electron chi connectivity index (χ0n) is 10.0. The van der Waals surface area contributed by atoms with Crippen molar-refractivity contribution >= 4 is 0 Å². The van der Waals surface area contributed by atoms with E-state index in [9.17, 15) is 0 Å². The second kappa shape index (κ2) is 6.43. The summed E-state index contributed by atoms with van der Waals surface area (Å²) in [5.74, 6) is 0.747. The van der Waals surface area contributed by atoms with Crippen LogP contribution in [0, 0.1) is 5.92 Å². The van der Waals surface area contributed by atoms with Crippen LogP contribution in [-0.2, 0) is 0 Å². The van der Waals surface area contributed by atoms with Crippen LogP contribution in [0.25, 0.3) is 0 Å². The Kier molecular flexibility index (Phi) is 5.53. The van der Waals surface area contributed by atoms with Crippen LogP contribution in [0.5, 0.6) is 0 Å². The second-order valence-electron chi connectivity index (χ2n) is 4.94. The van der Waals surface area contributed by atoms with Gasteiger partial charge in [0.2, 0.25) is 0 Å². The second-order valence-corrected chi connectivity index (χ2v) is 4.94. The van der Waals surface area contributed by atoms with Crippen LogP contribution in [0.2, 0.25) is 0 Å². The molecule has 0 aromatic heterocycles. The van der Waals surface area contributed by atoms with Crippen LogP contribution in [0.1, 0.15) is 13.8 Å². The van der Waals surface area contributed by atoms with Crippen LogP contribution in [0.4, 0.5) is 0 Å². The van der Waals surface area contributed by atoms with Gasteiger partial charge in [-0.05, 0) is 5.92 Å². The third kappa shape index (κ3) is 4.93. The molecule has 90 valence electrons. The van der Waals surface area contributed by atoms with Gasteiger partial charge in [0.05, 0.1) is 6.61 Å². The minimum atomic E-state index is -0.0818. The molecule has 1 aliphatic heterocycles. The molecule has 0 bridgehead atoms. The Bertz CT molecular complexity index is 167. The highest BCUT2D eigenvalue weighted by atomic mass is 16.3. The molecule has 1 rings (SSSR count). The Labute approximate surface area is 93.0 Å². The predicted molar refractivity (Wildman–Crippen MR) is 62.8 cm³/mol. The minimum absolute atomic E-state index is 0.0818. The highest BCUT2D eigenvalue weighted by Gasteiger charge is 2.18. The third-order valence-electron chi connectivity index (χ3n) is 2.82. The third-order valence-corrected chi connectivity index (χ3v) is 2.82. The molecule has 1 aliphatic rings. The number of hydrogen-bond donors (Lipinski definition) is 2. The Morgan fingerprint density at radius 3 is 1.93 bits per heavy atom. The van der Waals surface area contributed by atoms with Crippen molar-refractivity contribution in [2.75, 3.05) is 45.9 Å². The molecule has 0 radical (unpaired) electrons. The Morgan fingerprint density at radius 2 is 1.53 bits per heavy atom. The van der Waals surface area contributed by atoms with Gasteiger partial charge in [-0.25, -0.2) is 0 Å². The lowest BCUT2D eigenvalue weighted by Crippen LogP contribution is -2.51. The standard InChI is InChI=1S/C11H25N3O/c1-10(2)7-13-3-5-14(6-4-13)8-11(12)9-15/h10-11,15H,3-9,12H2,1-2H3. The van der Waals surface area contributed by atoms with Crippen molar-refractivity contribution < 1.29 is 5.11 Å². The monoisotopic (exact) mass is 215 g/mol. The molecule has 0 aromatic rings. The maximum absolute atomic E-state index is 8.87. The summed E-state index contributed by atoms with van der Waals surface area (Å²) in [5, 5.41) is 8.87. The van der Waals surface area contributed by atoms with Gasteiger partial charge in [0, 0.05) is 45.3 Å². The molecule has 0 amide bonds. The molecule has 1 heterocycles. The zero-order chi connectivity index (χ0) is 11.3. The fourth-order valence-electron chi connectivity index (χ4n) is 2.06. The van der Waals surface area contributed by atoms with Crippen molar-refractivity contribution in [2.24, 2.45) is 11.7 Å². The average molecular weight is 215 g/mol. The van der Waals surface area contributed by atoms with Crippen molar-refractivity contribution in [3.63, 3.8) is 0 Å². The first kappa shape index (κ1) is 12.9. The van der Waals surface area contributed by atoms with E-state index in [-0.39, 0.29) is 12.6 Å². The van der Waals surface area contributed by atoms with E-state index in [0.29, 0.717) is 0 Å². The molecule has 4 heteroatoms. The first-order valence-corrected chi connectivity index (χ1v) is 5.93. The lowest BCUT2D eigenvalue weighted by molar-refractivity contribution is 0.109. The maximum atomic E-state index is 8.87. The summed E-state index contributed by atoms with van der Waals surface area (Å²) in [5.41, 5.74) is 5.71. The number of nitrogens with two attached hydrogens (primary N) is 1. The zero-order valence-corrected chi connectivity index (χ0v) is 10.0. The van der Waals surface area contributed by atoms with E-state index in [4.69, 9.17) is 10.8 Å². The molecule has 1 atom stereocenters. The van der Waals surface area contributed by atoms with Crippen LogP contribution < -0.4 is 5.73 Å². The van der Waals surface area contributed by atoms with E-state index >= 15 is 0 Å². The Morgan fingerprint density at radius 1 is 1.07 bits per heavy atom. The smallest absolute Gasteiger partial charge is 0.0595 e. The quantitative estimate of drug-likeness (QED) is 0.654. The molecule has 1 saturated heterocycles. The van der Waals surface area contributed by atoms with E-state index in [1.54, 1.807) is 0 Å². The summed E-state index contributed by atoms with van der Waals surface area (Å²) in [4.78, 5) is 4.85. The molecule has 0 spiro atoms. The molecular weight excluding hydrogens is 190 g/mol. The number of hydrogen-bond acceptors (Lipinski definition) is 4. The highest BCUT2D eigenvalue weighted by Crippen LogP contribution is 2.05. The van der Waals surface area contributed by atoms with Gasteiger partial charge < -0.3 is 15.7 Å². The van der Waals surface area contributed by atoms with E-state index in [2.05, 4.69) is 23.6 Å². The maximum Gasteiger partial charge on any atom is 0.0595 e. The summed E-state index contributed by atoms with van der Waals surface area (Å²) in [6.45, 7) is 11.1. The summed E-state index contributed by atoms with van der Waals surface area (Å²) in [6.07, 6.45) is 0. The first-order chi connectivity index (χ1) is 7.11. The fraction of sp³-hybridized carbons (Fsp3) is 1.00. The molecule has 1 fully saturated rings. The predicted octanol–water partition coefficient (Wildman–Crippen LogP) is -0.420. The summed E-state index contributed by atoms with van der Waals surface area (Å²) >= 11 is 0. The molecule has 0 aliphatic carbocycles. The topological polar surface area (TPSA) is 52.7 Å². The van der Waals surface area contributed by atoms with E-state index < -0.39 is 0 Å². The number of nitrogens with zero attached hydrogens (tertiary/aromatic N) is 2. The van der Waals surface area contributed by atoms with Crippen molar-refractivity contribution in [3.8, 4) is 0 Å².